The minimum Gasteiger partial charge on any atom is -0.493 e. The molecule has 0 saturated heterocycles. The van der Waals surface area contributed by atoms with Gasteiger partial charge < -0.3 is 24.8 Å². The molecule has 3 N–H and O–H groups in total. The summed E-state index contributed by atoms with van der Waals surface area (Å²) < 4.78 is 15.9. The lowest BCUT2D eigenvalue weighted by Crippen LogP contribution is -2.38. The standard InChI is InChI=1S/C27H26Cl2N4O6/c1-37-23-10-7-17(14-24(23)38-2)11-12-30-26(35)27(36)33-31-15-18-8-9-22(20(29)13-18)39-16-25(34)32-21-6-4-3-5-19(21)28/h3-10,13-15H,11-12,16H2,1-2H3,(H,30,35)(H,32,34)(H,33,36)/b31-15-. The van der Waals surface area contributed by atoms with Crippen molar-refractivity contribution in [2.24, 2.45) is 5.10 Å². The average molecular weight is 573 g/mol. The molecule has 0 spiro atoms. The van der Waals surface area contributed by atoms with Crippen LogP contribution in [0.3, 0.4) is 0 Å². The number of nitrogens with one attached hydrogen (secondary N) is 3. The van der Waals surface area contributed by atoms with Crippen molar-refractivity contribution in [2.75, 3.05) is 32.7 Å². The van der Waals surface area contributed by atoms with E-state index in [2.05, 4.69) is 21.2 Å². The Morgan fingerprint density at radius 1 is 0.872 bits per heavy atom. The maximum Gasteiger partial charge on any atom is 0.329 e. The van der Waals surface area contributed by atoms with E-state index in [1.165, 1.54) is 19.4 Å². The highest BCUT2D eigenvalue weighted by Crippen LogP contribution is 2.28. The number of amides is 3. The summed E-state index contributed by atoms with van der Waals surface area (Å²) in [5.41, 5.74) is 4.06. The molecule has 0 aliphatic carbocycles. The lowest BCUT2D eigenvalue weighted by Gasteiger charge is -2.10. The molecule has 0 atom stereocenters. The van der Waals surface area contributed by atoms with Crippen LogP contribution in [0.4, 0.5) is 5.69 Å². The second kappa shape index (κ2) is 14.6. The smallest absolute Gasteiger partial charge is 0.329 e. The van der Waals surface area contributed by atoms with Gasteiger partial charge in [0, 0.05) is 6.54 Å². The van der Waals surface area contributed by atoms with E-state index in [4.69, 9.17) is 37.4 Å². The number of nitrogens with zero attached hydrogens (tertiary/aromatic N) is 1. The Kier molecular flexibility index (Phi) is 11.0. The van der Waals surface area contributed by atoms with Gasteiger partial charge in [-0.05, 0) is 60.0 Å². The van der Waals surface area contributed by atoms with Gasteiger partial charge in [-0.25, -0.2) is 5.43 Å². The number of para-hydroxylation sites is 1. The zero-order valence-electron chi connectivity index (χ0n) is 21.1. The summed E-state index contributed by atoms with van der Waals surface area (Å²) in [5, 5.41) is 9.59. The monoisotopic (exact) mass is 572 g/mol. The number of hydrogen-bond donors (Lipinski definition) is 3. The van der Waals surface area contributed by atoms with Gasteiger partial charge in [-0.3, -0.25) is 14.4 Å². The fraction of sp³-hybridized carbons (Fsp3) is 0.185. The summed E-state index contributed by atoms with van der Waals surface area (Å²) >= 11 is 12.3. The van der Waals surface area contributed by atoms with Gasteiger partial charge in [0.15, 0.2) is 18.1 Å². The Morgan fingerprint density at radius 3 is 2.33 bits per heavy atom. The number of anilines is 1. The van der Waals surface area contributed by atoms with Crippen molar-refractivity contribution in [3.63, 3.8) is 0 Å². The fourth-order valence-corrected chi connectivity index (χ4v) is 3.69. The summed E-state index contributed by atoms with van der Waals surface area (Å²) in [6.07, 6.45) is 1.80. The third-order valence-electron chi connectivity index (χ3n) is 5.20. The van der Waals surface area contributed by atoms with E-state index in [0.717, 1.165) is 5.56 Å². The molecule has 39 heavy (non-hydrogen) atoms. The molecule has 0 fully saturated rings. The Bertz CT molecular complexity index is 1370. The molecule has 3 aromatic carbocycles. The number of methoxy groups -OCH3 is 2. The Morgan fingerprint density at radius 2 is 1.62 bits per heavy atom. The Balaban J connectivity index is 1.42. The van der Waals surface area contributed by atoms with Crippen LogP contribution < -0.4 is 30.3 Å². The van der Waals surface area contributed by atoms with Gasteiger partial charge in [0.25, 0.3) is 5.91 Å². The number of hydrogen-bond acceptors (Lipinski definition) is 7. The van der Waals surface area contributed by atoms with Crippen molar-refractivity contribution in [1.29, 1.82) is 0 Å². The minimum atomic E-state index is -0.922. The SMILES string of the molecule is COc1ccc(CCNC(=O)C(=O)N/N=C\c2ccc(OCC(=O)Nc3ccccc3Cl)c(Cl)c2)cc1OC. The minimum absolute atomic E-state index is 0.226. The normalized spacial score (nSPS) is 10.6. The van der Waals surface area contributed by atoms with E-state index in [0.29, 0.717) is 34.2 Å². The lowest BCUT2D eigenvalue weighted by molar-refractivity contribution is -0.139. The number of ether oxygens (including phenoxy) is 3. The maximum atomic E-state index is 12.1. The first kappa shape index (κ1) is 29.3. The molecule has 12 heteroatoms. The molecular weight excluding hydrogens is 547 g/mol. The highest BCUT2D eigenvalue weighted by molar-refractivity contribution is 6.35. The van der Waals surface area contributed by atoms with Gasteiger partial charge in [0.2, 0.25) is 0 Å². The van der Waals surface area contributed by atoms with E-state index in [1.807, 2.05) is 6.07 Å². The molecule has 10 nitrogen and oxygen atoms in total. The summed E-state index contributed by atoms with van der Waals surface area (Å²) in [6.45, 7) is -0.0471. The van der Waals surface area contributed by atoms with Crippen LogP contribution in [0.1, 0.15) is 11.1 Å². The van der Waals surface area contributed by atoms with Gasteiger partial charge >= 0.3 is 11.8 Å². The topological polar surface area (TPSA) is 127 Å². The predicted molar refractivity (Wildman–Crippen MR) is 149 cm³/mol. The largest absolute Gasteiger partial charge is 0.493 e. The first-order valence-corrected chi connectivity index (χ1v) is 12.3. The molecular formula is C27H26Cl2N4O6. The quantitative estimate of drug-likeness (QED) is 0.182. The van der Waals surface area contributed by atoms with Crippen LogP contribution in [0, 0.1) is 0 Å². The lowest BCUT2D eigenvalue weighted by atomic mass is 10.1. The van der Waals surface area contributed by atoms with Crippen LogP contribution in [-0.4, -0.2) is 51.3 Å². The van der Waals surface area contributed by atoms with Gasteiger partial charge in [-0.1, -0.05) is 41.4 Å². The van der Waals surface area contributed by atoms with Crippen LogP contribution in [0.15, 0.2) is 65.8 Å². The Labute approximate surface area is 235 Å². The number of benzene rings is 3. The van der Waals surface area contributed by atoms with Gasteiger partial charge in [-0.2, -0.15) is 5.10 Å². The highest BCUT2D eigenvalue weighted by atomic mass is 35.5. The van der Waals surface area contributed by atoms with Crippen LogP contribution in [0.25, 0.3) is 0 Å². The molecule has 0 heterocycles. The van der Waals surface area contributed by atoms with Crippen molar-refractivity contribution >= 4 is 52.8 Å². The summed E-state index contributed by atoms with van der Waals surface area (Å²) in [6, 6.07) is 16.9. The third kappa shape index (κ3) is 8.91. The van der Waals surface area contributed by atoms with Crippen molar-refractivity contribution in [3.05, 3.63) is 81.8 Å². The number of hydrazone groups is 1. The van der Waals surface area contributed by atoms with Crippen LogP contribution in [-0.2, 0) is 20.8 Å². The molecule has 3 aromatic rings. The van der Waals surface area contributed by atoms with Gasteiger partial charge in [0.05, 0.1) is 36.2 Å². The number of halogens is 2. The number of carbonyl (C=O) groups is 3. The van der Waals surface area contributed by atoms with Crippen LogP contribution in [0.5, 0.6) is 17.2 Å². The first-order chi connectivity index (χ1) is 18.8. The molecule has 204 valence electrons. The predicted octanol–water partition coefficient (Wildman–Crippen LogP) is 3.84. The number of rotatable bonds is 11. The molecule has 0 saturated carbocycles. The second-order valence-electron chi connectivity index (χ2n) is 7.90. The van der Waals surface area contributed by atoms with Crippen molar-refractivity contribution in [1.82, 2.24) is 10.7 Å². The molecule has 0 aliphatic heterocycles. The molecule has 3 amide bonds. The molecule has 0 unspecified atom stereocenters. The van der Waals surface area contributed by atoms with Crippen LogP contribution >= 0.6 is 23.2 Å². The van der Waals surface area contributed by atoms with E-state index in [1.54, 1.807) is 55.6 Å². The van der Waals surface area contributed by atoms with E-state index in [-0.39, 0.29) is 23.9 Å². The molecule has 0 bridgehead atoms. The van der Waals surface area contributed by atoms with Crippen molar-refractivity contribution in [3.8, 4) is 17.2 Å². The fourth-order valence-electron chi connectivity index (χ4n) is 3.26. The summed E-state index contributed by atoms with van der Waals surface area (Å²) in [7, 11) is 3.08. The summed E-state index contributed by atoms with van der Waals surface area (Å²) in [5.74, 6) is -0.704. The van der Waals surface area contributed by atoms with Crippen molar-refractivity contribution in [2.45, 2.75) is 6.42 Å². The average Bonchev–Trinajstić information content (AvgIpc) is 2.93. The molecule has 0 radical (unpaired) electrons. The highest BCUT2D eigenvalue weighted by Gasteiger charge is 2.13. The first-order valence-electron chi connectivity index (χ1n) is 11.6. The summed E-state index contributed by atoms with van der Waals surface area (Å²) in [4.78, 5) is 36.2. The van der Waals surface area contributed by atoms with E-state index in [9.17, 15) is 14.4 Å². The maximum absolute atomic E-state index is 12.1. The van der Waals surface area contributed by atoms with Crippen LogP contribution in [0.2, 0.25) is 10.0 Å². The third-order valence-corrected chi connectivity index (χ3v) is 5.82. The van der Waals surface area contributed by atoms with Crippen molar-refractivity contribution < 1.29 is 28.6 Å². The zero-order chi connectivity index (χ0) is 28.2. The Hall–Kier alpha value is -4.28. The zero-order valence-corrected chi connectivity index (χ0v) is 22.6. The van der Waals surface area contributed by atoms with Gasteiger partial charge in [0.1, 0.15) is 5.75 Å². The van der Waals surface area contributed by atoms with Gasteiger partial charge in [-0.15, -0.1) is 0 Å². The molecule has 0 aromatic heterocycles. The molecule has 0 aliphatic rings. The molecule has 3 rings (SSSR count). The van der Waals surface area contributed by atoms with E-state index < -0.39 is 17.7 Å². The number of carbonyl (C=O) groups excluding carboxylic acids is 3. The van der Waals surface area contributed by atoms with E-state index >= 15 is 0 Å². The second-order valence-corrected chi connectivity index (χ2v) is 8.72.